The van der Waals surface area contributed by atoms with Crippen LogP contribution in [0.25, 0.3) is 0 Å². The fourth-order valence-electron chi connectivity index (χ4n) is 2.50. The number of rotatable bonds is 5. The normalized spacial score (nSPS) is 15.7. The number of hydrogen-bond acceptors (Lipinski definition) is 4. The number of nitrogens with one attached hydrogen (secondary N) is 1. The van der Waals surface area contributed by atoms with Gasteiger partial charge < -0.3 is 20.0 Å². The molecule has 0 aliphatic carbocycles. The van der Waals surface area contributed by atoms with Crippen molar-refractivity contribution in [3.8, 4) is 0 Å². The summed E-state index contributed by atoms with van der Waals surface area (Å²) in [5.74, 6) is 1.04. The van der Waals surface area contributed by atoms with Gasteiger partial charge in [0.15, 0.2) is 5.96 Å². The maximum Gasteiger partial charge on any atom is 0.223 e. The van der Waals surface area contributed by atoms with E-state index in [2.05, 4.69) is 44.5 Å². The number of carbonyl (C=O) groups is 1. The maximum atomic E-state index is 11.6. The molecule has 1 aliphatic rings. The molecule has 0 saturated carbocycles. The zero-order chi connectivity index (χ0) is 16.7. The highest BCUT2D eigenvalue weighted by molar-refractivity contribution is 7.14. The molecule has 0 atom stereocenters. The lowest BCUT2D eigenvalue weighted by Crippen LogP contribution is -2.52. The zero-order valence-corrected chi connectivity index (χ0v) is 15.1. The molecule has 0 radical (unpaired) electrons. The van der Waals surface area contributed by atoms with Gasteiger partial charge in [0.1, 0.15) is 0 Å². The molecule has 1 aromatic rings. The predicted octanol–water partition coefficient (Wildman–Crippen LogP) is 1.31. The Morgan fingerprint density at radius 1 is 1.35 bits per heavy atom. The lowest BCUT2D eigenvalue weighted by atomic mass is 10.3. The summed E-state index contributed by atoms with van der Waals surface area (Å²) < 4.78 is 0. The summed E-state index contributed by atoms with van der Waals surface area (Å²) in [5.41, 5.74) is 0. The summed E-state index contributed by atoms with van der Waals surface area (Å²) in [6, 6.07) is 4.27. The van der Waals surface area contributed by atoms with Crippen LogP contribution in [0.3, 0.4) is 0 Å². The predicted molar refractivity (Wildman–Crippen MR) is 97.4 cm³/mol. The first-order valence-electron chi connectivity index (χ1n) is 8.13. The monoisotopic (exact) mass is 337 g/mol. The first kappa shape index (κ1) is 17.6. The van der Waals surface area contributed by atoms with Gasteiger partial charge in [-0.1, -0.05) is 0 Å². The van der Waals surface area contributed by atoms with Crippen molar-refractivity contribution in [3.05, 3.63) is 17.5 Å². The number of guanidine groups is 1. The van der Waals surface area contributed by atoms with Crippen molar-refractivity contribution < 1.29 is 4.79 Å². The molecule has 0 aromatic carbocycles. The van der Waals surface area contributed by atoms with Crippen molar-refractivity contribution in [2.75, 3.05) is 58.3 Å². The van der Waals surface area contributed by atoms with E-state index in [4.69, 9.17) is 0 Å². The number of aliphatic imine (C=N–C) groups is 1. The maximum absolute atomic E-state index is 11.6. The fourth-order valence-corrected chi connectivity index (χ4v) is 3.28. The van der Waals surface area contributed by atoms with Crippen LogP contribution in [-0.2, 0) is 4.79 Å². The number of amides is 1. The van der Waals surface area contributed by atoms with E-state index in [0.717, 1.165) is 38.7 Å². The van der Waals surface area contributed by atoms with Crippen molar-refractivity contribution in [1.29, 1.82) is 0 Å². The standard InChI is InChI=1S/C16H27N5OS/c1-4-17-16(18-8-7-14(22)19(2)3)21-11-9-20(10-12-21)15-6-5-13-23-15/h5-6,13H,4,7-12H2,1-3H3,(H,17,18). The fraction of sp³-hybridized carbons (Fsp3) is 0.625. The third kappa shape index (κ3) is 5.13. The minimum absolute atomic E-state index is 0.118. The van der Waals surface area contributed by atoms with Crippen LogP contribution in [0.5, 0.6) is 0 Å². The second kappa shape index (κ2) is 8.76. The van der Waals surface area contributed by atoms with E-state index in [9.17, 15) is 4.79 Å². The van der Waals surface area contributed by atoms with Gasteiger partial charge in [0.2, 0.25) is 5.91 Å². The van der Waals surface area contributed by atoms with Crippen molar-refractivity contribution in [1.82, 2.24) is 15.1 Å². The molecule has 1 aliphatic heterocycles. The lowest BCUT2D eigenvalue weighted by Gasteiger charge is -2.37. The van der Waals surface area contributed by atoms with Gasteiger partial charge in [-0.25, -0.2) is 0 Å². The van der Waals surface area contributed by atoms with Crippen molar-refractivity contribution in [3.63, 3.8) is 0 Å². The molecule has 6 nitrogen and oxygen atoms in total. The lowest BCUT2D eigenvalue weighted by molar-refractivity contribution is -0.128. The molecule has 2 rings (SSSR count). The number of carbonyl (C=O) groups excluding carboxylic acids is 1. The Kier molecular flexibility index (Phi) is 6.70. The van der Waals surface area contributed by atoms with Gasteiger partial charge in [-0.3, -0.25) is 9.79 Å². The molecule has 128 valence electrons. The van der Waals surface area contributed by atoms with Crippen LogP contribution < -0.4 is 10.2 Å². The summed E-state index contributed by atoms with van der Waals surface area (Å²) in [7, 11) is 3.56. The highest BCUT2D eigenvalue weighted by Gasteiger charge is 2.20. The van der Waals surface area contributed by atoms with Gasteiger partial charge in [0.25, 0.3) is 0 Å². The van der Waals surface area contributed by atoms with Crippen LogP contribution in [0.1, 0.15) is 13.3 Å². The van der Waals surface area contributed by atoms with E-state index in [1.807, 2.05) is 0 Å². The topological polar surface area (TPSA) is 51.2 Å². The van der Waals surface area contributed by atoms with Gasteiger partial charge in [-0.2, -0.15) is 0 Å². The quantitative estimate of drug-likeness (QED) is 0.650. The SMILES string of the molecule is CCNC(=NCCC(=O)N(C)C)N1CCN(c2cccs2)CC1. The highest BCUT2D eigenvalue weighted by atomic mass is 32.1. The van der Waals surface area contributed by atoms with Crippen LogP contribution in [0.15, 0.2) is 22.5 Å². The molecule has 0 bridgehead atoms. The Morgan fingerprint density at radius 2 is 2.09 bits per heavy atom. The Morgan fingerprint density at radius 3 is 2.65 bits per heavy atom. The van der Waals surface area contributed by atoms with E-state index in [0.29, 0.717) is 13.0 Å². The molecule has 1 aromatic heterocycles. The van der Waals surface area contributed by atoms with Crippen LogP contribution in [0, 0.1) is 0 Å². The molecule has 1 amide bonds. The smallest absolute Gasteiger partial charge is 0.223 e. The Hall–Kier alpha value is -1.76. The van der Waals surface area contributed by atoms with Crippen LogP contribution >= 0.6 is 11.3 Å². The van der Waals surface area contributed by atoms with E-state index in [1.54, 1.807) is 30.3 Å². The van der Waals surface area contributed by atoms with Crippen LogP contribution in [0.4, 0.5) is 5.00 Å². The minimum Gasteiger partial charge on any atom is -0.360 e. The highest BCUT2D eigenvalue weighted by Crippen LogP contribution is 2.22. The molecule has 1 fully saturated rings. The Labute approximate surface area is 142 Å². The molecule has 7 heteroatoms. The van der Waals surface area contributed by atoms with E-state index >= 15 is 0 Å². The molecular formula is C16H27N5OS. The van der Waals surface area contributed by atoms with Crippen LogP contribution in [-0.4, -0.2) is 75.0 Å². The first-order chi connectivity index (χ1) is 11.1. The summed E-state index contributed by atoms with van der Waals surface area (Å²) in [6.07, 6.45) is 0.455. The Balaban J connectivity index is 1.87. The van der Waals surface area contributed by atoms with Gasteiger partial charge in [-0.15, -0.1) is 11.3 Å². The van der Waals surface area contributed by atoms with Crippen LogP contribution in [0.2, 0.25) is 0 Å². The molecule has 1 saturated heterocycles. The number of thiophene rings is 1. The second-order valence-electron chi connectivity index (χ2n) is 5.70. The molecule has 2 heterocycles. The van der Waals surface area contributed by atoms with E-state index in [-0.39, 0.29) is 5.91 Å². The zero-order valence-electron chi connectivity index (χ0n) is 14.3. The first-order valence-corrected chi connectivity index (χ1v) is 9.01. The summed E-state index contributed by atoms with van der Waals surface area (Å²) in [6.45, 7) is 7.35. The van der Waals surface area contributed by atoms with Gasteiger partial charge >= 0.3 is 0 Å². The minimum atomic E-state index is 0.118. The largest absolute Gasteiger partial charge is 0.360 e. The second-order valence-corrected chi connectivity index (χ2v) is 6.63. The van der Waals surface area contributed by atoms with Crippen molar-refractivity contribution >= 4 is 28.2 Å². The summed E-state index contributed by atoms with van der Waals surface area (Å²) >= 11 is 1.79. The Bertz CT molecular complexity index is 507. The molecule has 1 N–H and O–H groups in total. The molecule has 0 unspecified atom stereocenters. The summed E-state index contributed by atoms with van der Waals surface area (Å²) in [5, 5.41) is 6.80. The third-order valence-electron chi connectivity index (χ3n) is 3.82. The molecular weight excluding hydrogens is 310 g/mol. The van der Waals surface area contributed by atoms with E-state index < -0.39 is 0 Å². The number of hydrogen-bond donors (Lipinski definition) is 1. The van der Waals surface area contributed by atoms with Crippen molar-refractivity contribution in [2.24, 2.45) is 4.99 Å². The average molecular weight is 337 g/mol. The van der Waals surface area contributed by atoms with Gasteiger partial charge in [0.05, 0.1) is 11.5 Å². The number of piperazine rings is 1. The number of anilines is 1. The summed E-state index contributed by atoms with van der Waals surface area (Å²) in [4.78, 5) is 22.6. The van der Waals surface area contributed by atoms with Gasteiger partial charge in [0, 0.05) is 53.2 Å². The van der Waals surface area contributed by atoms with Gasteiger partial charge in [-0.05, 0) is 24.4 Å². The third-order valence-corrected chi connectivity index (χ3v) is 4.75. The number of nitrogens with zero attached hydrogens (tertiary/aromatic N) is 4. The average Bonchev–Trinajstić information content (AvgIpc) is 3.08. The van der Waals surface area contributed by atoms with Crippen molar-refractivity contribution in [2.45, 2.75) is 13.3 Å². The molecule has 0 spiro atoms. The molecule has 23 heavy (non-hydrogen) atoms. The van der Waals surface area contributed by atoms with E-state index in [1.165, 1.54) is 5.00 Å².